The lowest BCUT2D eigenvalue weighted by Crippen LogP contribution is -2.37. The summed E-state index contributed by atoms with van der Waals surface area (Å²) in [7, 11) is 0. The van der Waals surface area contributed by atoms with E-state index in [0.717, 1.165) is 36.2 Å². The summed E-state index contributed by atoms with van der Waals surface area (Å²) in [5.41, 5.74) is 0.769. The van der Waals surface area contributed by atoms with Gasteiger partial charge in [-0.3, -0.25) is 4.79 Å². The van der Waals surface area contributed by atoms with Gasteiger partial charge in [0.15, 0.2) is 5.13 Å². The van der Waals surface area contributed by atoms with Crippen LogP contribution in [0.3, 0.4) is 0 Å². The van der Waals surface area contributed by atoms with Gasteiger partial charge in [-0.1, -0.05) is 17.4 Å². The highest BCUT2D eigenvalue weighted by Gasteiger charge is 2.26. The van der Waals surface area contributed by atoms with Crippen LogP contribution in [0.15, 0.2) is 48.9 Å². The standard InChI is InChI=1S/C18H19N5OS/c1-13-16(25-18(20-13)22-9-4-5-10-22)17(24)21-14-7-11-23(12-14)15-6-2-3-8-19-15/h2-6,8-10,14H,7,11-12H2,1H3,(H,21,24)/t14-/m1/s1. The second-order valence-corrected chi connectivity index (χ2v) is 7.07. The summed E-state index contributed by atoms with van der Waals surface area (Å²) in [6.07, 6.45) is 6.58. The molecule has 0 bridgehead atoms. The molecule has 4 rings (SSSR count). The zero-order valence-corrected chi connectivity index (χ0v) is 14.7. The molecule has 4 heterocycles. The molecule has 0 saturated carbocycles. The van der Waals surface area contributed by atoms with Crippen LogP contribution >= 0.6 is 11.3 Å². The molecule has 25 heavy (non-hydrogen) atoms. The van der Waals surface area contributed by atoms with Crippen LogP contribution in [0.5, 0.6) is 0 Å². The zero-order chi connectivity index (χ0) is 17.2. The molecule has 1 saturated heterocycles. The molecule has 1 N–H and O–H groups in total. The third-order valence-electron chi connectivity index (χ3n) is 4.31. The maximum absolute atomic E-state index is 12.7. The molecule has 0 spiro atoms. The van der Waals surface area contributed by atoms with Gasteiger partial charge in [0.25, 0.3) is 5.91 Å². The van der Waals surface area contributed by atoms with Crippen molar-refractivity contribution in [3.8, 4) is 5.13 Å². The molecule has 0 radical (unpaired) electrons. The SMILES string of the molecule is Cc1nc(-n2cccc2)sc1C(=O)N[C@@H]1CCN(c2ccccn2)C1. The Morgan fingerprint density at radius 2 is 2.12 bits per heavy atom. The number of pyridine rings is 1. The van der Waals surface area contributed by atoms with E-state index in [4.69, 9.17) is 0 Å². The predicted molar refractivity (Wildman–Crippen MR) is 98.5 cm³/mol. The lowest BCUT2D eigenvalue weighted by atomic mass is 10.2. The second kappa shape index (κ2) is 6.68. The fraction of sp³-hybridized carbons (Fsp3) is 0.278. The normalized spacial score (nSPS) is 17.0. The summed E-state index contributed by atoms with van der Waals surface area (Å²) >= 11 is 1.42. The highest BCUT2D eigenvalue weighted by molar-refractivity contribution is 7.16. The van der Waals surface area contributed by atoms with Gasteiger partial charge in [0.1, 0.15) is 10.7 Å². The fourth-order valence-corrected chi connectivity index (χ4v) is 3.98. The van der Waals surface area contributed by atoms with E-state index in [2.05, 4.69) is 20.2 Å². The number of aromatic nitrogens is 3. The quantitative estimate of drug-likeness (QED) is 0.783. The van der Waals surface area contributed by atoms with Crippen molar-refractivity contribution in [2.75, 3.05) is 18.0 Å². The van der Waals surface area contributed by atoms with Crippen LogP contribution < -0.4 is 10.2 Å². The van der Waals surface area contributed by atoms with Gasteiger partial charge < -0.3 is 14.8 Å². The number of hydrogen-bond acceptors (Lipinski definition) is 5. The lowest BCUT2D eigenvalue weighted by Gasteiger charge is -2.17. The molecule has 1 aliphatic rings. The molecule has 0 aromatic carbocycles. The Bertz CT molecular complexity index is 859. The van der Waals surface area contributed by atoms with E-state index in [9.17, 15) is 4.79 Å². The van der Waals surface area contributed by atoms with Gasteiger partial charge in [0, 0.05) is 37.7 Å². The number of hydrogen-bond donors (Lipinski definition) is 1. The maximum Gasteiger partial charge on any atom is 0.263 e. The van der Waals surface area contributed by atoms with Crippen molar-refractivity contribution in [1.29, 1.82) is 0 Å². The number of rotatable bonds is 4. The van der Waals surface area contributed by atoms with Crippen LogP contribution in [0, 0.1) is 6.92 Å². The molecule has 0 aliphatic carbocycles. The maximum atomic E-state index is 12.7. The molecule has 1 aliphatic heterocycles. The van der Waals surface area contributed by atoms with E-state index in [-0.39, 0.29) is 11.9 Å². The van der Waals surface area contributed by atoms with Gasteiger partial charge >= 0.3 is 0 Å². The molecule has 1 fully saturated rings. The number of carbonyl (C=O) groups is 1. The molecule has 1 amide bonds. The van der Waals surface area contributed by atoms with Crippen molar-refractivity contribution in [2.45, 2.75) is 19.4 Å². The first-order valence-corrected chi connectivity index (χ1v) is 9.10. The summed E-state index contributed by atoms with van der Waals surface area (Å²) in [5.74, 6) is 0.921. The molecular formula is C18H19N5OS. The van der Waals surface area contributed by atoms with E-state index in [0.29, 0.717) is 4.88 Å². The number of nitrogens with one attached hydrogen (secondary N) is 1. The van der Waals surface area contributed by atoms with E-state index in [1.54, 1.807) is 6.20 Å². The van der Waals surface area contributed by atoms with Crippen LogP contribution in [0.2, 0.25) is 0 Å². The zero-order valence-electron chi connectivity index (χ0n) is 13.9. The first-order valence-electron chi connectivity index (χ1n) is 8.28. The van der Waals surface area contributed by atoms with Crippen molar-refractivity contribution in [1.82, 2.24) is 19.9 Å². The first-order chi connectivity index (χ1) is 12.2. The van der Waals surface area contributed by atoms with Crippen LogP contribution in [0.25, 0.3) is 5.13 Å². The third-order valence-corrected chi connectivity index (χ3v) is 5.48. The Morgan fingerprint density at radius 1 is 1.28 bits per heavy atom. The van der Waals surface area contributed by atoms with Crippen molar-refractivity contribution in [3.63, 3.8) is 0 Å². The van der Waals surface area contributed by atoms with Crippen LogP contribution in [-0.4, -0.2) is 39.6 Å². The Hall–Kier alpha value is -2.67. The van der Waals surface area contributed by atoms with E-state index in [1.807, 2.05) is 54.2 Å². The third kappa shape index (κ3) is 3.28. The fourth-order valence-electron chi connectivity index (χ4n) is 3.04. The number of thiazole rings is 1. The second-order valence-electron chi connectivity index (χ2n) is 6.09. The van der Waals surface area contributed by atoms with Gasteiger partial charge in [-0.25, -0.2) is 9.97 Å². The Balaban J connectivity index is 1.43. The largest absolute Gasteiger partial charge is 0.354 e. The van der Waals surface area contributed by atoms with E-state index in [1.165, 1.54) is 11.3 Å². The van der Waals surface area contributed by atoms with E-state index >= 15 is 0 Å². The molecule has 6 nitrogen and oxygen atoms in total. The average Bonchev–Trinajstić information content (AvgIpc) is 3.35. The minimum absolute atomic E-state index is 0.0405. The summed E-state index contributed by atoms with van der Waals surface area (Å²) in [6, 6.07) is 9.92. The van der Waals surface area contributed by atoms with Gasteiger partial charge in [0.2, 0.25) is 0 Å². The lowest BCUT2D eigenvalue weighted by molar-refractivity contribution is 0.0943. The smallest absolute Gasteiger partial charge is 0.263 e. The number of anilines is 1. The average molecular weight is 353 g/mol. The molecular weight excluding hydrogens is 334 g/mol. The molecule has 3 aromatic heterocycles. The Morgan fingerprint density at radius 3 is 2.88 bits per heavy atom. The van der Waals surface area contributed by atoms with Crippen molar-refractivity contribution < 1.29 is 4.79 Å². The van der Waals surface area contributed by atoms with Crippen molar-refractivity contribution in [3.05, 3.63) is 59.5 Å². The number of amides is 1. The molecule has 3 aromatic rings. The predicted octanol–water partition coefficient (Wildman–Crippen LogP) is 2.65. The Labute approximate surface area is 150 Å². The van der Waals surface area contributed by atoms with Crippen LogP contribution in [0.1, 0.15) is 21.8 Å². The molecule has 7 heteroatoms. The van der Waals surface area contributed by atoms with Gasteiger partial charge in [0.05, 0.1) is 5.69 Å². The number of carbonyl (C=O) groups excluding carboxylic acids is 1. The Kier molecular flexibility index (Phi) is 4.23. The topological polar surface area (TPSA) is 63.1 Å². The summed E-state index contributed by atoms with van der Waals surface area (Å²) in [4.78, 5) is 24.4. The van der Waals surface area contributed by atoms with Crippen LogP contribution in [-0.2, 0) is 0 Å². The minimum atomic E-state index is -0.0405. The van der Waals surface area contributed by atoms with Gasteiger partial charge in [-0.2, -0.15) is 0 Å². The number of aryl methyl sites for hydroxylation is 1. The highest BCUT2D eigenvalue weighted by Crippen LogP contribution is 2.23. The summed E-state index contributed by atoms with van der Waals surface area (Å²) < 4.78 is 1.92. The van der Waals surface area contributed by atoms with Crippen molar-refractivity contribution >= 4 is 23.1 Å². The van der Waals surface area contributed by atoms with Gasteiger partial charge in [-0.15, -0.1) is 0 Å². The van der Waals surface area contributed by atoms with Gasteiger partial charge in [-0.05, 0) is 37.6 Å². The molecule has 1 atom stereocenters. The number of nitrogens with zero attached hydrogens (tertiary/aromatic N) is 4. The summed E-state index contributed by atoms with van der Waals surface area (Å²) in [6.45, 7) is 3.57. The molecule has 128 valence electrons. The molecule has 0 unspecified atom stereocenters. The van der Waals surface area contributed by atoms with Crippen LogP contribution in [0.4, 0.5) is 5.82 Å². The van der Waals surface area contributed by atoms with E-state index < -0.39 is 0 Å². The van der Waals surface area contributed by atoms with Crippen molar-refractivity contribution in [2.24, 2.45) is 0 Å². The minimum Gasteiger partial charge on any atom is -0.354 e. The monoisotopic (exact) mass is 353 g/mol. The summed E-state index contributed by atoms with van der Waals surface area (Å²) in [5, 5.41) is 3.96. The first kappa shape index (κ1) is 15.8. The highest BCUT2D eigenvalue weighted by atomic mass is 32.1.